The summed E-state index contributed by atoms with van der Waals surface area (Å²) < 4.78 is 30.0. The van der Waals surface area contributed by atoms with Crippen molar-refractivity contribution in [2.75, 3.05) is 6.61 Å². The van der Waals surface area contributed by atoms with Crippen LogP contribution in [-0.4, -0.2) is 18.4 Å². The van der Waals surface area contributed by atoms with E-state index in [1.807, 2.05) is 31.2 Å². The number of ketones is 1. The Morgan fingerprint density at radius 3 is 2.58 bits per heavy atom. The van der Waals surface area contributed by atoms with Gasteiger partial charge in [0.1, 0.15) is 23.1 Å². The zero-order chi connectivity index (χ0) is 22.0. The van der Waals surface area contributed by atoms with Crippen LogP contribution >= 0.6 is 0 Å². The highest BCUT2D eigenvalue weighted by Crippen LogP contribution is 2.39. The van der Waals surface area contributed by atoms with Crippen molar-refractivity contribution in [3.05, 3.63) is 94.5 Å². The number of hydrogen-bond acceptors (Lipinski definition) is 5. The molecule has 0 amide bonds. The minimum absolute atomic E-state index is 0.0907. The summed E-state index contributed by atoms with van der Waals surface area (Å²) in [6.07, 6.45) is 1.65. The van der Waals surface area contributed by atoms with Gasteiger partial charge in [-0.3, -0.25) is 4.79 Å². The van der Waals surface area contributed by atoms with Gasteiger partial charge in [-0.25, -0.2) is 9.18 Å². The summed E-state index contributed by atoms with van der Waals surface area (Å²) in [5, 5.41) is 0. The molecule has 6 heteroatoms. The van der Waals surface area contributed by atoms with Gasteiger partial charge >= 0.3 is 5.97 Å². The summed E-state index contributed by atoms with van der Waals surface area (Å²) >= 11 is 0. The number of Topliss-reactive ketones (excluding diaryl/α,β-unsaturated/α-hetero) is 1. The number of hydrogen-bond donors (Lipinski definition) is 0. The minimum atomic E-state index is -0.697. The quantitative estimate of drug-likeness (QED) is 0.317. The first-order valence-electron chi connectivity index (χ1n) is 9.74. The van der Waals surface area contributed by atoms with E-state index in [-0.39, 0.29) is 22.9 Å². The molecule has 0 aromatic heterocycles. The molecule has 0 bridgehead atoms. The van der Waals surface area contributed by atoms with Gasteiger partial charge in [0, 0.05) is 5.56 Å². The molecule has 0 saturated heterocycles. The summed E-state index contributed by atoms with van der Waals surface area (Å²) in [6.45, 7) is 4.17. The monoisotopic (exact) mass is 418 g/mol. The van der Waals surface area contributed by atoms with Crippen LogP contribution in [-0.2, 0) is 0 Å². The van der Waals surface area contributed by atoms with E-state index in [1.54, 1.807) is 19.1 Å². The van der Waals surface area contributed by atoms with Crippen LogP contribution in [0.1, 0.15) is 38.8 Å². The van der Waals surface area contributed by atoms with E-state index in [4.69, 9.17) is 14.2 Å². The lowest BCUT2D eigenvalue weighted by molar-refractivity contribution is 0.0732. The van der Waals surface area contributed by atoms with Gasteiger partial charge in [-0.1, -0.05) is 18.2 Å². The van der Waals surface area contributed by atoms with Gasteiger partial charge in [0.15, 0.2) is 5.76 Å². The van der Waals surface area contributed by atoms with Gasteiger partial charge in [0.05, 0.1) is 17.7 Å². The van der Waals surface area contributed by atoms with Crippen molar-refractivity contribution in [1.29, 1.82) is 0 Å². The molecule has 3 aromatic rings. The van der Waals surface area contributed by atoms with Gasteiger partial charge in [-0.2, -0.15) is 0 Å². The van der Waals surface area contributed by atoms with Crippen molar-refractivity contribution in [1.82, 2.24) is 0 Å². The van der Waals surface area contributed by atoms with Crippen LogP contribution in [0.2, 0.25) is 0 Å². The van der Waals surface area contributed by atoms with Crippen LogP contribution in [0.15, 0.2) is 66.4 Å². The Morgan fingerprint density at radius 2 is 1.87 bits per heavy atom. The topological polar surface area (TPSA) is 61.8 Å². The van der Waals surface area contributed by atoms with Crippen LogP contribution in [0.4, 0.5) is 4.39 Å². The smallest absolute Gasteiger partial charge is 0.343 e. The average molecular weight is 418 g/mol. The predicted octanol–water partition coefficient (Wildman–Crippen LogP) is 5.37. The average Bonchev–Trinajstić information content (AvgIpc) is 3.08. The van der Waals surface area contributed by atoms with E-state index in [0.29, 0.717) is 23.5 Å². The van der Waals surface area contributed by atoms with Crippen LogP contribution in [0, 0.1) is 12.7 Å². The summed E-state index contributed by atoms with van der Waals surface area (Å²) in [5.74, 6) is 0.0167. The lowest BCUT2D eigenvalue weighted by Gasteiger charge is -2.10. The number of rotatable bonds is 5. The minimum Gasteiger partial charge on any atom is -0.494 e. The molecule has 1 aliphatic heterocycles. The molecule has 0 spiro atoms. The number of ether oxygens (including phenoxy) is 3. The normalized spacial score (nSPS) is 13.6. The molecule has 0 atom stereocenters. The van der Waals surface area contributed by atoms with E-state index in [1.165, 1.54) is 24.3 Å². The van der Waals surface area contributed by atoms with Crippen molar-refractivity contribution >= 4 is 17.8 Å². The fourth-order valence-corrected chi connectivity index (χ4v) is 3.23. The number of carbonyl (C=O) groups is 2. The standard InChI is InChI=1S/C25H19FO5/c1-3-29-19-9-7-16(8-10-19)13-22-23(27)20-11-12-21(15(2)24(20)30-22)31-25(28)17-5-4-6-18(26)14-17/h4-14H,3H2,1-2H3/b22-13-. The van der Waals surface area contributed by atoms with Gasteiger partial charge in [-0.05, 0) is 68.0 Å². The molecular formula is C25H19FO5. The molecule has 0 fully saturated rings. The summed E-state index contributed by atoms with van der Waals surface area (Å²) in [5.41, 5.74) is 1.77. The van der Waals surface area contributed by atoms with Gasteiger partial charge in [-0.15, -0.1) is 0 Å². The number of esters is 1. The van der Waals surface area contributed by atoms with Gasteiger partial charge in [0.2, 0.25) is 5.78 Å². The maximum absolute atomic E-state index is 13.4. The van der Waals surface area contributed by atoms with E-state index in [2.05, 4.69) is 0 Å². The lowest BCUT2D eigenvalue weighted by atomic mass is 10.1. The number of benzene rings is 3. The summed E-state index contributed by atoms with van der Waals surface area (Å²) in [4.78, 5) is 25.1. The maximum atomic E-state index is 13.4. The Hall–Kier alpha value is -3.93. The summed E-state index contributed by atoms with van der Waals surface area (Å²) in [6, 6.07) is 15.6. The molecule has 0 N–H and O–H groups in total. The highest BCUT2D eigenvalue weighted by atomic mass is 19.1. The Kier molecular flexibility index (Phi) is 5.54. The largest absolute Gasteiger partial charge is 0.494 e. The molecule has 0 saturated carbocycles. The van der Waals surface area contributed by atoms with Crippen LogP contribution < -0.4 is 14.2 Å². The molecule has 5 nitrogen and oxygen atoms in total. The Morgan fingerprint density at radius 1 is 1.10 bits per heavy atom. The van der Waals surface area contributed by atoms with Crippen LogP contribution in [0.5, 0.6) is 17.2 Å². The predicted molar refractivity (Wildman–Crippen MR) is 113 cm³/mol. The molecular weight excluding hydrogens is 399 g/mol. The number of fused-ring (bicyclic) bond motifs is 1. The Labute approximate surface area is 178 Å². The fraction of sp³-hybridized carbons (Fsp3) is 0.120. The zero-order valence-electron chi connectivity index (χ0n) is 17.0. The highest BCUT2D eigenvalue weighted by molar-refractivity contribution is 6.15. The van der Waals surface area contributed by atoms with E-state index >= 15 is 0 Å². The van der Waals surface area contributed by atoms with Crippen molar-refractivity contribution in [2.24, 2.45) is 0 Å². The first kappa shape index (κ1) is 20.3. The molecule has 1 heterocycles. The van der Waals surface area contributed by atoms with Crippen molar-refractivity contribution in [3.8, 4) is 17.2 Å². The molecule has 0 unspecified atom stereocenters. The molecule has 4 rings (SSSR count). The van der Waals surface area contributed by atoms with Gasteiger partial charge in [0.25, 0.3) is 0 Å². The number of allylic oxidation sites excluding steroid dienone is 1. The van der Waals surface area contributed by atoms with Crippen molar-refractivity contribution in [2.45, 2.75) is 13.8 Å². The van der Waals surface area contributed by atoms with Gasteiger partial charge < -0.3 is 14.2 Å². The molecule has 0 aliphatic carbocycles. The molecule has 3 aromatic carbocycles. The molecule has 31 heavy (non-hydrogen) atoms. The van der Waals surface area contributed by atoms with E-state index in [9.17, 15) is 14.0 Å². The molecule has 1 aliphatic rings. The fourth-order valence-electron chi connectivity index (χ4n) is 3.23. The third-order valence-corrected chi connectivity index (χ3v) is 4.79. The second-order valence-corrected chi connectivity index (χ2v) is 6.91. The Bertz CT molecular complexity index is 1200. The SMILES string of the molecule is CCOc1ccc(/C=C2\Oc3c(ccc(OC(=O)c4cccc(F)c4)c3C)C2=O)cc1. The van der Waals surface area contributed by atoms with E-state index in [0.717, 1.165) is 17.4 Å². The van der Waals surface area contributed by atoms with Crippen LogP contribution in [0.25, 0.3) is 6.08 Å². The van der Waals surface area contributed by atoms with Crippen LogP contribution in [0.3, 0.4) is 0 Å². The van der Waals surface area contributed by atoms with Crippen molar-refractivity contribution < 1.29 is 28.2 Å². The third-order valence-electron chi connectivity index (χ3n) is 4.79. The maximum Gasteiger partial charge on any atom is 0.343 e. The molecule has 156 valence electrons. The number of halogens is 1. The van der Waals surface area contributed by atoms with Crippen molar-refractivity contribution in [3.63, 3.8) is 0 Å². The first-order chi connectivity index (χ1) is 15.0. The second kappa shape index (κ2) is 8.44. The zero-order valence-corrected chi connectivity index (χ0v) is 17.0. The first-order valence-corrected chi connectivity index (χ1v) is 9.74. The Balaban J connectivity index is 1.57. The number of carbonyl (C=O) groups excluding carboxylic acids is 2. The lowest BCUT2D eigenvalue weighted by Crippen LogP contribution is -2.09. The third kappa shape index (κ3) is 4.19. The highest BCUT2D eigenvalue weighted by Gasteiger charge is 2.30. The second-order valence-electron chi connectivity index (χ2n) is 6.91. The summed E-state index contributed by atoms with van der Waals surface area (Å²) in [7, 11) is 0. The van der Waals surface area contributed by atoms with E-state index < -0.39 is 11.8 Å². The molecule has 0 radical (unpaired) electrons.